The first kappa shape index (κ1) is 19.9. The molecule has 1 atom stereocenters. The summed E-state index contributed by atoms with van der Waals surface area (Å²) < 4.78 is 1.97. The number of nitrogens with one attached hydrogen (secondary N) is 2. The van der Waals surface area contributed by atoms with Crippen molar-refractivity contribution in [3.05, 3.63) is 53.6 Å². The van der Waals surface area contributed by atoms with Crippen molar-refractivity contribution in [3.63, 3.8) is 0 Å². The Morgan fingerprint density at radius 2 is 1.79 bits per heavy atom. The number of para-hydroxylation sites is 3. The van der Waals surface area contributed by atoms with Gasteiger partial charge in [-0.15, -0.1) is 0 Å². The summed E-state index contributed by atoms with van der Waals surface area (Å²) in [4.78, 5) is 29.2. The van der Waals surface area contributed by atoms with E-state index in [1.54, 1.807) is 0 Å². The van der Waals surface area contributed by atoms with Gasteiger partial charge in [-0.05, 0) is 44.0 Å². The highest BCUT2D eigenvalue weighted by molar-refractivity contribution is 8.00. The molecule has 1 unspecified atom stereocenters. The fraction of sp³-hybridized carbons (Fsp3) is 0.286. The lowest BCUT2D eigenvalue weighted by Gasteiger charge is -2.14. The maximum atomic E-state index is 12.4. The van der Waals surface area contributed by atoms with Crippen LogP contribution in [0.1, 0.15) is 18.1 Å². The number of benzene rings is 2. The van der Waals surface area contributed by atoms with E-state index in [2.05, 4.69) is 15.6 Å². The van der Waals surface area contributed by atoms with Crippen molar-refractivity contribution >= 4 is 40.3 Å². The Hall–Kier alpha value is -2.80. The molecule has 0 aliphatic heterocycles. The fourth-order valence-electron chi connectivity index (χ4n) is 2.95. The summed E-state index contributed by atoms with van der Waals surface area (Å²) in [6, 6.07) is 13.7. The normalized spacial score (nSPS) is 12.0. The molecule has 0 radical (unpaired) electrons. The molecule has 1 heterocycles. The molecular formula is C21H24N4O2S. The van der Waals surface area contributed by atoms with E-state index in [0.29, 0.717) is 0 Å². The second kappa shape index (κ2) is 8.48. The lowest BCUT2D eigenvalue weighted by Crippen LogP contribution is -2.37. The molecule has 3 aromatic rings. The molecule has 0 saturated carbocycles. The van der Waals surface area contributed by atoms with Crippen LogP contribution in [0.15, 0.2) is 47.6 Å². The van der Waals surface area contributed by atoms with E-state index < -0.39 is 0 Å². The Labute approximate surface area is 168 Å². The Kier molecular flexibility index (Phi) is 6.04. The number of imidazole rings is 1. The maximum Gasteiger partial charge on any atom is 0.243 e. The SMILES string of the molecule is Cc1cccc(C)c1NC(=O)CNC(=O)C(C)Sc1nc2ccccc2n1C. The molecule has 2 N–H and O–H groups in total. The average Bonchev–Trinajstić information content (AvgIpc) is 2.98. The lowest BCUT2D eigenvalue weighted by atomic mass is 10.1. The van der Waals surface area contributed by atoms with Crippen molar-refractivity contribution in [2.75, 3.05) is 11.9 Å². The summed E-state index contributed by atoms with van der Waals surface area (Å²) in [7, 11) is 1.93. The number of carbonyl (C=O) groups excluding carboxylic acids is 2. The van der Waals surface area contributed by atoms with Gasteiger partial charge >= 0.3 is 0 Å². The molecule has 0 aliphatic rings. The van der Waals surface area contributed by atoms with Gasteiger partial charge in [-0.1, -0.05) is 42.1 Å². The third-order valence-electron chi connectivity index (χ3n) is 4.57. The van der Waals surface area contributed by atoms with Crippen molar-refractivity contribution in [3.8, 4) is 0 Å². The maximum absolute atomic E-state index is 12.4. The number of thioether (sulfide) groups is 1. The number of carbonyl (C=O) groups is 2. The lowest BCUT2D eigenvalue weighted by molar-refractivity contribution is -0.123. The highest BCUT2D eigenvalue weighted by Crippen LogP contribution is 2.26. The summed E-state index contributed by atoms with van der Waals surface area (Å²) in [6.07, 6.45) is 0. The minimum absolute atomic E-state index is 0.0694. The molecule has 146 valence electrons. The third-order valence-corrected chi connectivity index (χ3v) is 5.71. The van der Waals surface area contributed by atoms with E-state index in [9.17, 15) is 9.59 Å². The Morgan fingerprint density at radius 1 is 1.11 bits per heavy atom. The monoisotopic (exact) mass is 396 g/mol. The number of anilines is 1. The van der Waals surface area contributed by atoms with Gasteiger partial charge in [0.2, 0.25) is 11.8 Å². The number of amides is 2. The second-order valence-corrected chi connectivity index (χ2v) is 8.04. The zero-order chi connectivity index (χ0) is 20.3. The quantitative estimate of drug-likeness (QED) is 0.626. The van der Waals surface area contributed by atoms with Gasteiger partial charge in [0.15, 0.2) is 5.16 Å². The van der Waals surface area contributed by atoms with Crippen LogP contribution in [0.25, 0.3) is 11.0 Å². The van der Waals surface area contributed by atoms with Crippen molar-refractivity contribution < 1.29 is 9.59 Å². The van der Waals surface area contributed by atoms with Gasteiger partial charge in [0, 0.05) is 12.7 Å². The van der Waals surface area contributed by atoms with Crippen molar-refractivity contribution in [2.45, 2.75) is 31.2 Å². The molecule has 3 rings (SSSR count). The van der Waals surface area contributed by atoms with E-state index in [0.717, 1.165) is 33.0 Å². The average molecular weight is 397 g/mol. The molecule has 1 aromatic heterocycles. The number of fused-ring (bicyclic) bond motifs is 1. The fourth-order valence-corrected chi connectivity index (χ4v) is 3.86. The molecule has 0 saturated heterocycles. The number of aryl methyl sites for hydroxylation is 3. The topological polar surface area (TPSA) is 76.0 Å². The third kappa shape index (κ3) is 4.36. The van der Waals surface area contributed by atoms with Crippen LogP contribution in [0.5, 0.6) is 0 Å². The second-order valence-electron chi connectivity index (χ2n) is 6.73. The van der Waals surface area contributed by atoms with Crippen molar-refractivity contribution in [2.24, 2.45) is 7.05 Å². The molecule has 0 fully saturated rings. The summed E-state index contributed by atoms with van der Waals surface area (Å²) in [5.74, 6) is -0.445. The molecule has 2 amide bonds. The van der Waals surface area contributed by atoms with Crippen LogP contribution in [-0.4, -0.2) is 33.2 Å². The molecule has 2 aromatic carbocycles. The van der Waals surface area contributed by atoms with Crippen molar-refractivity contribution in [1.82, 2.24) is 14.9 Å². The number of aromatic nitrogens is 2. The first-order valence-electron chi connectivity index (χ1n) is 9.08. The van der Waals surface area contributed by atoms with Crippen LogP contribution in [0.3, 0.4) is 0 Å². The number of hydrogen-bond donors (Lipinski definition) is 2. The van der Waals surface area contributed by atoms with E-state index >= 15 is 0 Å². The van der Waals surface area contributed by atoms with Gasteiger partial charge in [0.25, 0.3) is 0 Å². The zero-order valence-electron chi connectivity index (χ0n) is 16.4. The van der Waals surface area contributed by atoms with Gasteiger partial charge in [-0.3, -0.25) is 9.59 Å². The van der Waals surface area contributed by atoms with Gasteiger partial charge in [-0.2, -0.15) is 0 Å². The minimum atomic E-state index is -0.372. The van der Waals surface area contributed by atoms with E-state index in [1.165, 1.54) is 11.8 Å². The van der Waals surface area contributed by atoms with Crippen molar-refractivity contribution in [1.29, 1.82) is 0 Å². The highest BCUT2D eigenvalue weighted by Gasteiger charge is 2.19. The van der Waals surface area contributed by atoms with E-state index in [4.69, 9.17) is 0 Å². The molecule has 7 heteroatoms. The van der Waals surface area contributed by atoms with Crippen LogP contribution < -0.4 is 10.6 Å². The first-order valence-corrected chi connectivity index (χ1v) is 9.96. The number of rotatable bonds is 6. The predicted molar refractivity (Wildman–Crippen MR) is 114 cm³/mol. The molecule has 0 spiro atoms. The summed E-state index contributed by atoms with van der Waals surface area (Å²) in [6.45, 7) is 5.62. The van der Waals surface area contributed by atoms with Crippen LogP contribution in [-0.2, 0) is 16.6 Å². The highest BCUT2D eigenvalue weighted by atomic mass is 32.2. The smallest absolute Gasteiger partial charge is 0.243 e. The van der Waals surface area contributed by atoms with E-state index in [1.807, 2.05) is 74.9 Å². The molecule has 28 heavy (non-hydrogen) atoms. The predicted octanol–water partition coefficient (Wildman–Crippen LogP) is 3.43. The molecule has 0 bridgehead atoms. The van der Waals surface area contributed by atoms with Crippen LogP contribution in [0.2, 0.25) is 0 Å². The van der Waals surface area contributed by atoms with E-state index in [-0.39, 0.29) is 23.6 Å². The zero-order valence-corrected chi connectivity index (χ0v) is 17.3. The van der Waals surface area contributed by atoms with Crippen LogP contribution in [0, 0.1) is 13.8 Å². The first-order chi connectivity index (χ1) is 13.4. The summed E-state index contributed by atoms with van der Waals surface area (Å²) in [5, 5.41) is 5.97. The van der Waals surface area contributed by atoms with Gasteiger partial charge in [0.1, 0.15) is 0 Å². The van der Waals surface area contributed by atoms with Crippen LogP contribution >= 0.6 is 11.8 Å². The standard InChI is InChI=1S/C21H24N4O2S/c1-13-8-7-9-14(2)19(13)24-18(26)12-22-20(27)15(3)28-21-23-16-10-5-6-11-17(16)25(21)4/h5-11,15H,12H2,1-4H3,(H,22,27)(H,24,26). The Morgan fingerprint density at radius 3 is 2.46 bits per heavy atom. The summed E-state index contributed by atoms with van der Waals surface area (Å²) in [5.41, 5.74) is 4.69. The Balaban J connectivity index is 1.56. The molecule has 6 nitrogen and oxygen atoms in total. The minimum Gasteiger partial charge on any atom is -0.346 e. The van der Waals surface area contributed by atoms with Gasteiger partial charge in [0.05, 0.1) is 22.8 Å². The van der Waals surface area contributed by atoms with Gasteiger partial charge < -0.3 is 15.2 Å². The number of hydrogen-bond acceptors (Lipinski definition) is 4. The number of nitrogens with zero attached hydrogens (tertiary/aromatic N) is 2. The molecule has 0 aliphatic carbocycles. The van der Waals surface area contributed by atoms with Crippen LogP contribution in [0.4, 0.5) is 5.69 Å². The summed E-state index contributed by atoms with van der Waals surface area (Å²) >= 11 is 1.37. The Bertz CT molecular complexity index is 1010. The molecular weight excluding hydrogens is 372 g/mol. The van der Waals surface area contributed by atoms with Gasteiger partial charge in [-0.25, -0.2) is 4.98 Å². The largest absolute Gasteiger partial charge is 0.346 e.